The molecular formula is C19H22N6O2S. The highest BCUT2D eigenvalue weighted by atomic mass is 32.2. The highest BCUT2D eigenvalue weighted by molar-refractivity contribution is 7.88. The fraction of sp³-hybridized carbons (Fsp3) is 0.316. The highest BCUT2D eigenvalue weighted by Gasteiger charge is 2.27. The summed E-state index contributed by atoms with van der Waals surface area (Å²) in [4.78, 5) is 2.06. The number of hydrogen-bond donors (Lipinski definition) is 0. The van der Waals surface area contributed by atoms with Gasteiger partial charge < -0.3 is 4.90 Å². The molecule has 0 amide bonds. The molecule has 0 radical (unpaired) electrons. The van der Waals surface area contributed by atoms with E-state index in [-0.39, 0.29) is 5.75 Å². The molecule has 0 aliphatic carbocycles. The van der Waals surface area contributed by atoms with Crippen LogP contribution in [-0.2, 0) is 15.8 Å². The van der Waals surface area contributed by atoms with Gasteiger partial charge in [-0.2, -0.15) is 9.40 Å². The average molecular weight is 398 g/mol. The Hall–Kier alpha value is -2.78. The van der Waals surface area contributed by atoms with E-state index >= 15 is 0 Å². The first-order valence-corrected chi connectivity index (χ1v) is 10.8. The van der Waals surface area contributed by atoms with Crippen molar-refractivity contribution in [2.75, 3.05) is 31.1 Å². The Balaban J connectivity index is 1.38. The molecule has 0 spiro atoms. The zero-order chi connectivity index (χ0) is 19.6. The van der Waals surface area contributed by atoms with Gasteiger partial charge in [-0.05, 0) is 30.7 Å². The van der Waals surface area contributed by atoms with Crippen LogP contribution in [0.25, 0.3) is 5.82 Å². The number of piperazine rings is 1. The summed E-state index contributed by atoms with van der Waals surface area (Å²) in [7, 11) is -3.32. The largest absolute Gasteiger partial charge is 0.352 e. The second-order valence-electron chi connectivity index (χ2n) is 6.78. The third-order valence-corrected chi connectivity index (χ3v) is 6.59. The van der Waals surface area contributed by atoms with Gasteiger partial charge in [0.2, 0.25) is 10.0 Å². The van der Waals surface area contributed by atoms with Crippen molar-refractivity contribution in [3.8, 4) is 5.82 Å². The highest BCUT2D eigenvalue weighted by Crippen LogP contribution is 2.18. The Morgan fingerprint density at radius 3 is 2.18 bits per heavy atom. The van der Waals surface area contributed by atoms with Gasteiger partial charge in [0.1, 0.15) is 0 Å². The Morgan fingerprint density at radius 1 is 0.893 bits per heavy atom. The summed E-state index contributed by atoms with van der Waals surface area (Å²) < 4.78 is 28.6. The Labute approximate surface area is 164 Å². The van der Waals surface area contributed by atoms with Gasteiger partial charge in [0.25, 0.3) is 0 Å². The number of anilines is 1. The zero-order valence-corrected chi connectivity index (χ0v) is 16.5. The summed E-state index contributed by atoms with van der Waals surface area (Å²) in [6, 6.07) is 14.9. The number of benzene rings is 1. The maximum atomic E-state index is 12.7. The number of rotatable bonds is 5. The normalized spacial score (nSPS) is 15.7. The van der Waals surface area contributed by atoms with Crippen LogP contribution in [0.3, 0.4) is 0 Å². The molecule has 1 saturated heterocycles. The molecule has 0 saturated carbocycles. The van der Waals surface area contributed by atoms with Crippen molar-refractivity contribution in [2.45, 2.75) is 12.7 Å². The van der Waals surface area contributed by atoms with Crippen LogP contribution in [0, 0.1) is 6.92 Å². The molecule has 1 aromatic carbocycles. The van der Waals surface area contributed by atoms with Crippen molar-refractivity contribution >= 4 is 15.8 Å². The standard InChI is InChI=1S/C19H22N6O2S/c1-16-9-10-25(22-16)19-8-7-18(20-21-19)23-11-13-24(14-12-23)28(26,27)15-17-5-3-2-4-6-17/h2-10H,11-15H2,1H3. The molecule has 3 aromatic rings. The molecule has 9 heteroatoms. The minimum absolute atomic E-state index is 0.0334. The minimum Gasteiger partial charge on any atom is -0.352 e. The van der Waals surface area contributed by atoms with Gasteiger partial charge >= 0.3 is 0 Å². The number of hydrogen-bond acceptors (Lipinski definition) is 6. The van der Waals surface area contributed by atoms with E-state index < -0.39 is 10.0 Å². The second-order valence-corrected chi connectivity index (χ2v) is 8.75. The van der Waals surface area contributed by atoms with E-state index in [9.17, 15) is 8.42 Å². The van der Waals surface area contributed by atoms with Crippen LogP contribution in [0.5, 0.6) is 0 Å². The third-order valence-electron chi connectivity index (χ3n) is 4.74. The van der Waals surface area contributed by atoms with E-state index in [1.807, 2.05) is 61.7 Å². The molecular weight excluding hydrogens is 376 g/mol. The molecule has 2 aromatic heterocycles. The topological polar surface area (TPSA) is 84.2 Å². The van der Waals surface area contributed by atoms with E-state index in [1.165, 1.54) is 0 Å². The van der Waals surface area contributed by atoms with Gasteiger partial charge in [-0.25, -0.2) is 13.1 Å². The molecule has 0 unspecified atom stereocenters. The first-order chi connectivity index (χ1) is 13.5. The summed E-state index contributed by atoms with van der Waals surface area (Å²) in [6.07, 6.45) is 1.84. The van der Waals surface area contributed by atoms with Crippen molar-refractivity contribution in [1.29, 1.82) is 0 Å². The summed E-state index contributed by atoms with van der Waals surface area (Å²) in [5.41, 5.74) is 1.72. The van der Waals surface area contributed by atoms with Gasteiger partial charge in [-0.1, -0.05) is 30.3 Å². The predicted octanol–water partition coefficient (Wildman–Crippen LogP) is 1.62. The van der Waals surface area contributed by atoms with Crippen LogP contribution in [0.1, 0.15) is 11.3 Å². The van der Waals surface area contributed by atoms with Crippen molar-refractivity contribution < 1.29 is 8.42 Å². The Kier molecular flexibility index (Phi) is 5.10. The van der Waals surface area contributed by atoms with Gasteiger partial charge in [0, 0.05) is 32.4 Å². The Morgan fingerprint density at radius 2 is 1.57 bits per heavy atom. The summed E-state index contributed by atoms with van der Waals surface area (Å²) in [5, 5.41) is 12.8. The smallest absolute Gasteiger partial charge is 0.218 e. The lowest BCUT2D eigenvalue weighted by Crippen LogP contribution is -2.49. The third kappa shape index (κ3) is 4.05. The van der Waals surface area contributed by atoms with Gasteiger partial charge in [-0.15, -0.1) is 10.2 Å². The van der Waals surface area contributed by atoms with E-state index in [1.54, 1.807) is 8.99 Å². The van der Waals surface area contributed by atoms with Crippen LogP contribution in [0.4, 0.5) is 5.82 Å². The summed E-state index contributed by atoms with van der Waals surface area (Å²) in [6.45, 7) is 3.98. The van der Waals surface area contributed by atoms with Crippen LogP contribution in [0.2, 0.25) is 0 Å². The van der Waals surface area contributed by atoms with Crippen molar-refractivity contribution in [3.05, 3.63) is 66.0 Å². The molecule has 1 fully saturated rings. The fourth-order valence-electron chi connectivity index (χ4n) is 3.22. The number of aryl methyl sites for hydroxylation is 1. The minimum atomic E-state index is -3.32. The van der Waals surface area contributed by atoms with Gasteiger partial charge in [-0.3, -0.25) is 0 Å². The molecule has 8 nitrogen and oxygen atoms in total. The molecule has 28 heavy (non-hydrogen) atoms. The first kappa shape index (κ1) is 18.6. The van der Waals surface area contributed by atoms with Crippen molar-refractivity contribution in [3.63, 3.8) is 0 Å². The lowest BCUT2D eigenvalue weighted by Gasteiger charge is -2.34. The SMILES string of the molecule is Cc1ccn(-c2ccc(N3CCN(S(=O)(=O)Cc4ccccc4)CC3)nn2)n1. The van der Waals surface area contributed by atoms with E-state index in [2.05, 4.69) is 20.2 Å². The monoisotopic (exact) mass is 398 g/mol. The number of aromatic nitrogens is 4. The first-order valence-electron chi connectivity index (χ1n) is 9.14. The van der Waals surface area contributed by atoms with E-state index in [0.717, 1.165) is 17.1 Å². The van der Waals surface area contributed by atoms with Crippen LogP contribution in [0.15, 0.2) is 54.7 Å². The predicted molar refractivity (Wildman–Crippen MR) is 107 cm³/mol. The van der Waals surface area contributed by atoms with Crippen molar-refractivity contribution in [1.82, 2.24) is 24.3 Å². The van der Waals surface area contributed by atoms with Crippen LogP contribution in [-0.4, -0.2) is 58.9 Å². The molecule has 0 bridgehead atoms. The molecule has 0 atom stereocenters. The fourth-order valence-corrected chi connectivity index (χ4v) is 4.74. The summed E-state index contributed by atoms with van der Waals surface area (Å²) >= 11 is 0. The zero-order valence-electron chi connectivity index (χ0n) is 15.6. The summed E-state index contributed by atoms with van der Waals surface area (Å²) in [5.74, 6) is 1.43. The van der Waals surface area contributed by atoms with Crippen LogP contribution >= 0.6 is 0 Å². The molecule has 1 aliphatic heterocycles. The maximum absolute atomic E-state index is 12.7. The molecule has 1 aliphatic rings. The second kappa shape index (κ2) is 7.69. The lowest BCUT2D eigenvalue weighted by molar-refractivity contribution is 0.383. The van der Waals surface area contributed by atoms with Gasteiger partial charge in [0.05, 0.1) is 11.4 Å². The Bertz CT molecular complexity index is 1030. The molecule has 4 rings (SSSR count). The lowest BCUT2D eigenvalue weighted by atomic mass is 10.2. The maximum Gasteiger partial charge on any atom is 0.218 e. The van der Waals surface area contributed by atoms with E-state index in [0.29, 0.717) is 32.0 Å². The number of sulfonamides is 1. The average Bonchev–Trinajstić information content (AvgIpc) is 3.15. The van der Waals surface area contributed by atoms with Crippen molar-refractivity contribution in [2.24, 2.45) is 0 Å². The molecule has 146 valence electrons. The molecule has 0 N–H and O–H groups in total. The van der Waals surface area contributed by atoms with Crippen LogP contribution < -0.4 is 4.90 Å². The quantitative estimate of drug-likeness (QED) is 0.649. The number of nitrogens with zero attached hydrogens (tertiary/aromatic N) is 6. The molecule has 3 heterocycles. The van der Waals surface area contributed by atoms with Gasteiger partial charge in [0.15, 0.2) is 11.6 Å². The van der Waals surface area contributed by atoms with E-state index in [4.69, 9.17) is 0 Å².